The van der Waals surface area contributed by atoms with Crippen LogP contribution in [0.2, 0.25) is 0 Å². The van der Waals surface area contributed by atoms with E-state index in [-0.39, 0.29) is 5.91 Å². The second kappa shape index (κ2) is 4.80. The number of hydrogen-bond acceptors (Lipinski definition) is 3. The Morgan fingerprint density at radius 3 is 2.56 bits per heavy atom. The van der Waals surface area contributed by atoms with Gasteiger partial charge in [0.2, 0.25) is 5.91 Å². The van der Waals surface area contributed by atoms with E-state index in [0.29, 0.717) is 19.4 Å². The molecule has 1 aromatic carbocycles. The maximum Gasteiger partial charge on any atom is 0.417 e. The van der Waals surface area contributed by atoms with Crippen molar-refractivity contribution >= 4 is 12.0 Å². The minimum atomic E-state index is -0.570. The fourth-order valence-electron chi connectivity index (χ4n) is 1.99. The molecule has 1 aliphatic rings. The SMILES string of the molecule is CC1(C)CN(C(=O)CCc2ccccc2)C(=O)O1. The third-order valence-corrected chi connectivity index (χ3v) is 2.89. The van der Waals surface area contributed by atoms with E-state index in [9.17, 15) is 9.59 Å². The highest BCUT2D eigenvalue weighted by Crippen LogP contribution is 2.22. The number of ether oxygens (including phenoxy) is 1. The van der Waals surface area contributed by atoms with Gasteiger partial charge in [-0.3, -0.25) is 4.79 Å². The molecule has 4 heteroatoms. The molecule has 0 N–H and O–H groups in total. The average Bonchev–Trinajstić information content (AvgIpc) is 2.61. The van der Waals surface area contributed by atoms with Gasteiger partial charge in [-0.15, -0.1) is 0 Å². The molecule has 1 heterocycles. The molecule has 2 amide bonds. The van der Waals surface area contributed by atoms with E-state index in [1.54, 1.807) is 13.8 Å². The van der Waals surface area contributed by atoms with Gasteiger partial charge >= 0.3 is 6.09 Å². The molecule has 0 bridgehead atoms. The second-order valence-corrected chi connectivity index (χ2v) is 5.09. The van der Waals surface area contributed by atoms with Crippen molar-refractivity contribution < 1.29 is 14.3 Å². The number of benzene rings is 1. The lowest BCUT2D eigenvalue weighted by molar-refractivity contribution is -0.127. The van der Waals surface area contributed by atoms with Crippen molar-refractivity contribution in [3.05, 3.63) is 35.9 Å². The van der Waals surface area contributed by atoms with Crippen LogP contribution in [0.3, 0.4) is 0 Å². The second-order valence-electron chi connectivity index (χ2n) is 5.09. The predicted molar refractivity (Wildman–Crippen MR) is 67.0 cm³/mol. The molecule has 2 rings (SSSR count). The minimum absolute atomic E-state index is 0.172. The van der Waals surface area contributed by atoms with E-state index >= 15 is 0 Å². The van der Waals surface area contributed by atoms with Gasteiger partial charge in [0.1, 0.15) is 5.60 Å². The summed E-state index contributed by atoms with van der Waals surface area (Å²) in [4.78, 5) is 24.7. The first-order valence-electron chi connectivity index (χ1n) is 6.05. The highest BCUT2D eigenvalue weighted by atomic mass is 16.6. The number of aryl methyl sites for hydroxylation is 1. The van der Waals surface area contributed by atoms with Gasteiger partial charge in [-0.2, -0.15) is 0 Å². The van der Waals surface area contributed by atoms with E-state index in [2.05, 4.69) is 0 Å². The van der Waals surface area contributed by atoms with Gasteiger partial charge in [0, 0.05) is 6.42 Å². The molecule has 1 aliphatic heterocycles. The molecule has 0 radical (unpaired) electrons. The molecule has 0 aliphatic carbocycles. The van der Waals surface area contributed by atoms with Crippen molar-refractivity contribution in [1.82, 2.24) is 4.90 Å². The Morgan fingerprint density at radius 2 is 2.00 bits per heavy atom. The zero-order chi connectivity index (χ0) is 13.2. The number of imide groups is 1. The van der Waals surface area contributed by atoms with Crippen molar-refractivity contribution in [1.29, 1.82) is 0 Å². The zero-order valence-electron chi connectivity index (χ0n) is 10.7. The Labute approximate surface area is 107 Å². The summed E-state index contributed by atoms with van der Waals surface area (Å²) in [6.45, 7) is 3.93. The Kier molecular flexibility index (Phi) is 3.36. The minimum Gasteiger partial charge on any atom is -0.441 e. The van der Waals surface area contributed by atoms with Gasteiger partial charge in [0.15, 0.2) is 0 Å². The standard InChI is InChI=1S/C14H17NO3/c1-14(2)10-15(13(17)18-14)12(16)9-8-11-6-4-3-5-7-11/h3-7H,8-10H2,1-2H3. The highest BCUT2D eigenvalue weighted by Gasteiger charge is 2.40. The van der Waals surface area contributed by atoms with E-state index in [1.807, 2.05) is 30.3 Å². The summed E-state index contributed by atoms with van der Waals surface area (Å²) in [5.74, 6) is -0.172. The molecule has 0 saturated carbocycles. The van der Waals surface area contributed by atoms with Gasteiger partial charge in [-0.25, -0.2) is 9.69 Å². The van der Waals surface area contributed by atoms with Gasteiger partial charge < -0.3 is 4.74 Å². The number of rotatable bonds is 3. The van der Waals surface area contributed by atoms with Crippen LogP contribution in [0.25, 0.3) is 0 Å². The molecule has 4 nitrogen and oxygen atoms in total. The largest absolute Gasteiger partial charge is 0.441 e. The van der Waals surface area contributed by atoms with Crippen LogP contribution < -0.4 is 0 Å². The average molecular weight is 247 g/mol. The maximum absolute atomic E-state index is 11.9. The Hall–Kier alpha value is -1.84. The fourth-order valence-corrected chi connectivity index (χ4v) is 1.99. The van der Waals surface area contributed by atoms with E-state index < -0.39 is 11.7 Å². The lowest BCUT2D eigenvalue weighted by atomic mass is 10.1. The van der Waals surface area contributed by atoms with Crippen LogP contribution in [0, 0.1) is 0 Å². The topological polar surface area (TPSA) is 46.6 Å². The van der Waals surface area contributed by atoms with Crippen molar-refractivity contribution in [3.63, 3.8) is 0 Å². The number of cyclic esters (lactones) is 1. The molecular weight excluding hydrogens is 230 g/mol. The van der Waals surface area contributed by atoms with E-state index in [1.165, 1.54) is 4.90 Å². The Bertz CT molecular complexity index is 453. The molecule has 0 atom stereocenters. The summed E-state index contributed by atoms with van der Waals surface area (Å²) in [5, 5.41) is 0. The lowest BCUT2D eigenvalue weighted by Gasteiger charge is -2.14. The first-order chi connectivity index (χ1) is 8.48. The van der Waals surface area contributed by atoms with Gasteiger partial charge in [0.05, 0.1) is 6.54 Å². The summed E-state index contributed by atoms with van der Waals surface area (Å²) >= 11 is 0. The van der Waals surface area contributed by atoms with Crippen molar-refractivity contribution in [2.75, 3.05) is 6.54 Å². The smallest absolute Gasteiger partial charge is 0.417 e. The summed E-state index contributed by atoms with van der Waals surface area (Å²) in [7, 11) is 0. The normalized spacial score (nSPS) is 17.7. The van der Waals surface area contributed by atoms with Gasteiger partial charge in [-0.1, -0.05) is 30.3 Å². The Morgan fingerprint density at radius 1 is 1.33 bits per heavy atom. The van der Waals surface area contributed by atoms with Crippen LogP contribution in [-0.4, -0.2) is 29.0 Å². The summed E-state index contributed by atoms with van der Waals surface area (Å²) < 4.78 is 5.10. The molecule has 0 aromatic heterocycles. The van der Waals surface area contributed by atoms with E-state index in [0.717, 1.165) is 5.56 Å². The quantitative estimate of drug-likeness (QED) is 0.823. The zero-order valence-corrected chi connectivity index (χ0v) is 10.7. The van der Waals surface area contributed by atoms with Gasteiger partial charge in [-0.05, 0) is 25.8 Å². The van der Waals surface area contributed by atoms with Crippen LogP contribution in [0.15, 0.2) is 30.3 Å². The summed E-state index contributed by atoms with van der Waals surface area (Å²) in [6, 6.07) is 9.75. The highest BCUT2D eigenvalue weighted by molar-refractivity contribution is 5.93. The molecule has 0 unspecified atom stereocenters. The van der Waals surface area contributed by atoms with Crippen LogP contribution in [0.5, 0.6) is 0 Å². The number of amides is 2. The van der Waals surface area contributed by atoms with Crippen molar-refractivity contribution in [3.8, 4) is 0 Å². The Balaban J connectivity index is 1.91. The summed E-state index contributed by atoms with van der Waals surface area (Å²) in [5.41, 5.74) is 0.525. The summed E-state index contributed by atoms with van der Waals surface area (Å²) in [6.07, 6.45) is 0.442. The van der Waals surface area contributed by atoms with Crippen LogP contribution in [0.1, 0.15) is 25.8 Å². The molecule has 1 fully saturated rings. The number of nitrogens with zero attached hydrogens (tertiary/aromatic N) is 1. The molecule has 1 saturated heterocycles. The van der Waals surface area contributed by atoms with Gasteiger partial charge in [0.25, 0.3) is 0 Å². The first-order valence-corrected chi connectivity index (χ1v) is 6.05. The third-order valence-electron chi connectivity index (χ3n) is 2.89. The third kappa shape index (κ3) is 2.88. The number of carbonyl (C=O) groups excluding carboxylic acids is 2. The lowest BCUT2D eigenvalue weighted by Crippen LogP contribution is -2.34. The molecular formula is C14H17NO3. The van der Waals surface area contributed by atoms with E-state index in [4.69, 9.17) is 4.74 Å². The molecule has 1 aromatic rings. The van der Waals surface area contributed by atoms with Crippen LogP contribution in [-0.2, 0) is 16.0 Å². The van der Waals surface area contributed by atoms with Crippen LogP contribution >= 0.6 is 0 Å². The van der Waals surface area contributed by atoms with Crippen LogP contribution in [0.4, 0.5) is 4.79 Å². The first kappa shape index (κ1) is 12.6. The monoisotopic (exact) mass is 247 g/mol. The van der Waals surface area contributed by atoms with Crippen molar-refractivity contribution in [2.45, 2.75) is 32.3 Å². The predicted octanol–water partition coefficient (Wildman–Crippen LogP) is 2.38. The number of carbonyl (C=O) groups is 2. The number of hydrogen-bond donors (Lipinski definition) is 0. The maximum atomic E-state index is 11.9. The molecule has 18 heavy (non-hydrogen) atoms. The molecule has 0 spiro atoms. The van der Waals surface area contributed by atoms with Crippen molar-refractivity contribution in [2.24, 2.45) is 0 Å². The fraction of sp³-hybridized carbons (Fsp3) is 0.429. The molecule has 96 valence electrons.